The number of thiazole rings is 1. The van der Waals surface area contributed by atoms with Crippen molar-refractivity contribution in [1.29, 1.82) is 0 Å². The molecule has 1 amide bonds. The summed E-state index contributed by atoms with van der Waals surface area (Å²) in [7, 11) is 1.97. The Labute approximate surface area is 177 Å². The van der Waals surface area contributed by atoms with E-state index in [1.54, 1.807) is 11.3 Å². The summed E-state index contributed by atoms with van der Waals surface area (Å²) in [6, 6.07) is 19.1. The lowest BCUT2D eigenvalue weighted by atomic mass is 9.94. The molecule has 3 aromatic rings. The number of hydrogen-bond acceptors (Lipinski definition) is 3. The SMILES string of the molecule is Cc1ccc(-c2sc(-c3ccccc3)nc2CC(=O)N(C)C2CCCCC2)cc1. The van der Waals surface area contributed by atoms with Crippen LogP contribution in [0.4, 0.5) is 0 Å². The molecule has 0 radical (unpaired) electrons. The molecule has 1 heterocycles. The van der Waals surface area contributed by atoms with Gasteiger partial charge in [-0.3, -0.25) is 4.79 Å². The van der Waals surface area contributed by atoms with Crippen LogP contribution in [-0.2, 0) is 11.2 Å². The Morgan fingerprint density at radius 1 is 1.00 bits per heavy atom. The molecule has 0 spiro atoms. The highest BCUT2D eigenvalue weighted by Crippen LogP contribution is 2.36. The monoisotopic (exact) mass is 404 g/mol. The molecule has 1 aliphatic rings. The molecule has 1 aliphatic carbocycles. The van der Waals surface area contributed by atoms with Gasteiger partial charge in [0, 0.05) is 18.7 Å². The molecule has 0 saturated heterocycles. The third-order valence-corrected chi connectivity index (χ3v) is 7.06. The van der Waals surface area contributed by atoms with Gasteiger partial charge in [-0.2, -0.15) is 0 Å². The molecule has 2 aromatic carbocycles. The number of nitrogens with zero attached hydrogens (tertiary/aromatic N) is 2. The second-order valence-corrected chi connectivity index (χ2v) is 9.00. The lowest BCUT2D eigenvalue weighted by Gasteiger charge is -2.31. The second-order valence-electron chi connectivity index (χ2n) is 8.00. The normalized spacial score (nSPS) is 14.7. The lowest BCUT2D eigenvalue weighted by Crippen LogP contribution is -2.39. The quantitative estimate of drug-likeness (QED) is 0.513. The van der Waals surface area contributed by atoms with Gasteiger partial charge in [0.25, 0.3) is 0 Å². The summed E-state index contributed by atoms with van der Waals surface area (Å²) < 4.78 is 0. The van der Waals surface area contributed by atoms with Crippen LogP contribution >= 0.6 is 11.3 Å². The minimum atomic E-state index is 0.176. The van der Waals surface area contributed by atoms with E-state index in [0.717, 1.165) is 39.5 Å². The fraction of sp³-hybridized carbons (Fsp3) is 0.360. The molecular weight excluding hydrogens is 376 g/mol. The van der Waals surface area contributed by atoms with Crippen molar-refractivity contribution >= 4 is 17.2 Å². The molecule has 4 heteroatoms. The fourth-order valence-electron chi connectivity index (χ4n) is 4.05. The molecule has 0 unspecified atom stereocenters. The van der Waals surface area contributed by atoms with Gasteiger partial charge in [-0.1, -0.05) is 79.4 Å². The summed E-state index contributed by atoms with van der Waals surface area (Å²) in [4.78, 5) is 21.1. The summed E-state index contributed by atoms with van der Waals surface area (Å²) in [6.45, 7) is 2.09. The van der Waals surface area contributed by atoms with Crippen LogP contribution in [-0.4, -0.2) is 28.9 Å². The summed E-state index contributed by atoms with van der Waals surface area (Å²) >= 11 is 1.68. The van der Waals surface area contributed by atoms with E-state index < -0.39 is 0 Å². The van der Waals surface area contributed by atoms with Crippen LogP contribution in [0.15, 0.2) is 54.6 Å². The average Bonchev–Trinajstić information content (AvgIpc) is 3.18. The van der Waals surface area contributed by atoms with Crippen LogP contribution in [0.3, 0.4) is 0 Å². The fourth-order valence-corrected chi connectivity index (χ4v) is 5.14. The van der Waals surface area contributed by atoms with E-state index in [9.17, 15) is 4.79 Å². The van der Waals surface area contributed by atoms with E-state index in [-0.39, 0.29) is 5.91 Å². The Morgan fingerprint density at radius 2 is 1.69 bits per heavy atom. The maximum absolute atomic E-state index is 13.1. The Hall–Kier alpha value is -2.46. The van der Waals surface area contributed by atoms with Crippen LogP contribution in [0.1, 0.15) is 43.4 Å². The van der Waals surface area contributed by atoms with Gasteiger partial charge < -0.3 is 4.90 Å². The minimum Gasteiger partial charge on any atom is -0.342 e. The van der Waals surface area contributed by atoms with Crippen molar-refractivity contribution in [2.24, 2.45) is 0 Å². The zero-order valence-electron chi connectivity index (χ0n) is 17.2. The third kappa shape index (κ3) is 4.59. The van der Waals surface area contributed by atoms with Crippen molar-refractivity contribution in [3.05, 3.63) is 65.9 Å². The molecule has 1 saturated carbocycles. The van der Waals surface area contributed by atoms with Crippen LogP contribution in [0.25, 0.3) is 21.0 Å². The van der Waals surface area contributed by atoms with E-state index in [1.165, 1.54) is 24.8 Å². The molecule has 1 fully saturated rings. The maximum Gasteiger partial charge on any atom is 0.228 e. The van der Waals surface area contributed by atoms with Crippen molar-refractivity contribution in [2.75, 3.05) is 7.05 Å². The van der Waals surface area contributed by atoms with Crippen molar-refractivity contribution < 1.29 is 4.79 Å². The Kier molecular flexibility index (Phi) is 6.10. The smallest absolute Gasteiger partial charge is 0.228 e. The van der Waals surface area contributed by atoms with Crippen molar-refractivity contribution in [3.8, 4) is 21.0 Å². The summed E-state index contributed by atoms with van der Waals surface area (Å²) in [5.74, 6) is 0.176. The molecule has 4 rings (SSSR count). The molecule has 0 atom stereocenters. The van der Waals surface area contributed by atoms with E-state index in [2.05, 4.69) is 43.3 Å². The van der Waals surface area contributed by atoms with Gasteiger partial charge in [-0.05, 0) is 25.3 Å². The first-order valence-electron chi connectivity index (χ1n) is 10.5. The number of aryl methyl sites for hydroxylation is 1. The number of likely N-dealkylation sites (N-methyl/N-ethyl adjacent to an activating group) is 1. The molecule has 0 N–H and O–H groups in total. The predicted molar refractivity (Wildman–Crippen MR) is 121 cm³/mol. The lowest BCUT2D eigenvalue weighted by molar-refractivity contribution is -0.131. The highest BCUT2D eigenvalue weighted by Gasteiger charge is 2.24. The number of hydrogen-bond donors (Lipinski definition) is 0. The molecule has 150 valence electrons. The van der Waals surface area contributed by atoms with Gasteiger partial charge in [0.05, 0.1) is 17.0 Å². The molecule has 3 nitrogen and oxygen atoms in total. The highest BCUT2D eigenvalue weighted by molar-refractivity contribution is 7.18. The third-order valence-electron chi connectivity index (χ3n) is 5.87. The minimum absolute atomic E-state index is 0.176. The zero-order valence-corrected chi connectivity index (χ0v) is 18.0. The van der Waals surface area contributed by atoms with Crippen LogP contribution in [0, 0.1) is 6.92 Å². The molecule has 0 aliphatic heterocycles. The standard InChI is InChI=1S/C25H28N2OS/c1-18-13-15-19(16-14-18)24-22(26-25(29-24)20-9-5-3-6-10-20)17-23(28)27(2)21-11-7-4-8-12-21/h3,5-6,9-10,13-16,21H,4,7-8,11-12,17H2,1-2H3. The maximum atomic E-state index is 13.1. The number of aromatic nitrogens is 1. The number of carbonyl (C=O) groups is 1. The topological polar surface area (TPSA) is 33.2 Å². The first-order valence-corrected chi connectivity index (χ1v) is 11.3. The average molecular weight is 405 g/mol. The van der Waals surface area contributed by atoms with E-state index in [4.69, 9.17) is 4.98 Å². The van der Waals surface area contributed by atoms with Gasteiger partial charge in [0.15, 0.2) is 0 Å². The molecule has 29 heavy (non-hydrogen) atoms. The Bertz CT molecular complexity index is 956. The van der Waals surface area contributed by atoms with Crippen LogP contribution in [0.2, 0.25) is 0 Å². The predicted octanol–water partition coefficient (Wildman–Crippen LogP) is 6.12. The van der Waals surface area contributed by atoms with Gasteiger partial charge in [0.1, 0.15) is 5.01 Å². The first kappa shape index (κ1) is 19.8. The van der Waals surface area contributed by atoms with Crippen molar-refractivity contribution in [3.63, 3.8) is 0 Å². The second kappa shape index (κ2) is 8.91. The van der Waals surface area contributed by atoms with E-state index in [1.807, 2.05) is 30.1 Å². The largest absolute Gasteiger partial charge is 0.342 e. The van der Waals surface area contributed by atoms with Crippen LogP contribution < -0.4 is 0 Å². The summed E-state index contributed by atoms with van der Waals surface area (Å²) in [5.41, 5.74) is 4.37. The van der Waals surface area contributed by atoms with Crippen molar-refractivity contribution in [2.45, 2.75) is 51.5 Å². The van der Waals surface area contributed by atoms with Gasteiger partial charge in [0.2, 0.25) is 5.91 Å². The van der Waals surface area contributed by atoms with E-state index >= 15 is 0 Å². The van der Waals surface area contributed by atoms with Gasteiger partial charge >= 0.3 is 0 Å². The number of amides is 1. The summed E-state index contributed by atoms with van der Waals surface area (Å²) in [5, 5.41) is 0.976. The molecule has 1 aromatic heterocycles. The highest BCUT2D eigenvalue weighted by atomic mass is 32.1. The number of rotatable bonds is 5. The number of benzene rings is 2. The Morgan fingerprint density at radius 3 is 2.38 bits per heavy atom. The van der Waals surface area contributed by atoms with Crippen molar-refractivity contribution in [1.82, 2.24) is 9.88 Å². The van der Waals surface area contributed by atoms with Crippen LogP contribution in [0.5, 0.6) is 0 Å². The van der Waals surface area contributed by atoms with Gasteiger partial charge in [-0.25, -0.2) is 4.98 Å². The summed E-state index contributed by atoms with van der Waals surface area (Å²) in [6.07, 6.45) is 6.36. The van der Waals surface area contributed by atoms with E-state index in [0.29, 0.717) is 12.5 Å². The zero-order chi connectivity index (χ0) is 20.2. The van der Waals surface area contributed by atoms with Gasteiger partial charge in [-0.15, -0.1) is 11.3 Å². The number of carbonyl (C=O) groups excluding carboxylic acids is 1. The molecule has 0 bridgehead atoms. The first-order chi connectivity index (χ1) is 14.1. The molecular formula is C25H28N2OS. The Balaban J connectivity index is 1.64.